The molecule has 4 aromatic rings. The van der Waals surface area contributed by atoms with Crippen molar-refractivity contribution >= 4 is 17.9 Å². The quantitative estimate of drug-likeness (QED) is 0.174. The first-order valence-electron chi connectivity index (χ1n) is 19.8. The highest BCUT2D eigenvalue weighted by molar-refractivity contribution is 6.06. The molecule has 12 nitrogen and oxygen atoms in total. The topological polar surface area (TPSA) is 136 Å². The standard InChI is InChI=1S/C45H49N3O9/c1-30-39(27-47-20-18-45(19-21-47)54-22-23-55-45)56-43(57-41(30)35-12-10-31(28-49)11-13-35)36-16-14-34(15-17-36)37-9-5-8-33(24-37)26-48-40(50)25-38(42(48)51)46-44(52)53-29-32-6-3-2-4-7-32/h2-17,24,30,38-39,41,43,49H,18-23,25-29H2,1H3,(H,46,52). The number of benzene rings is 4. The lowest BCUT2D eigenvalue weighted by molar-refractivity contribution is -0.278. The molecular formula is C45H49N3O9. The van der Waals surface area contributed by atoms with E-state index in [1.165, 1.54) is 4.90 Å². The monoisotopic (exact) mass is 775 g/mol. The molecule has 0 saturated carbocycles. The van der Waals surface area contributed by atoms with Gasteiger partial charge in [-0.2, -0.15) is 0 Å². The van der Waals surface area contributed by atoms with E-state index in [1.807, 2.05) is 103 Å². The fraction of sp³-hybridized carbons (Fsp3) is 0.400. The molecule has 4 aromatic carbocycles. The van der Waals surface area contributed by atoms with Crippen LogP contribution in [-0.2, 0) is 53.0 Å². The summed E-state index contributed by atoms with van der Waals surface area (Å²) in [7, 11) is 0. The number of piperidine rings is 1. The molecule has 4 fully saturated rings. The van der Waals surface area contributed by atoms with Gasteiger partial charge in [-0.3, -0.25) is 14.5 Å². The van der Waals surface area contributed by atoms with E-state index in [1.54, 1.807) is 0 Å². The van der Waals surface area contributed by atoms with E-state index in [0.717, 1.165) is 71.4 Å². The van der Waals surface area contributed by atoms with Crippen molar-refractivity contribution < 1.29 is 43.2 Å². The second-order valence-electron chi connectivity index (χ2n) is 15.3. The molecule has 3 amide bonds. The molecule has 5 unspecified atom stereocenters. The Labute approximate surface area is 332 Å². The largest absolute Gasteiger partial charge is 0.445 e. The zero-order valence-electron chi connectivity index (χ0n) is 32.1. The lowest BCUT2D eigenvalue weighted by atomic mass is 9.89. The van der Waals surface area contributed by atoms with Gasteiger partial charge < -0.3 is 39.0 Å². The Bertz CT molecular complexity index is 2010. The zero-order chi connectivity index (χ0) is 39.4. The molecule has 0 aromatic heterocycles. The fourth-order valence-corrected chi connectivity index (χ4v) is 8.18. The van der Waals surface area contributed by atoms with Gasteiger partial charge in [0.2, 0.25) is 5.91 Å². The van der Waals surface area contributed by atoms with Crippen molar-refractivity contribution in [2.24, 2.45) is 5.92 Å². The maximum atomic E-state index is 13.2. The van der Waals surface area contributed by atoms with Gasteiger partial charge in [-0.1, -0.05) is 104 Å². The fourth-order valence-electron chi connectivity index (χ4n) is 8.18. The first-order valence-corrected chi connectivity index (χ1v) is 19.8. The molecule has 4 saturated heterocycles. The van der Waals surface area contributed by atoms with E-state index >= 15 is 0 Å². The van der Waals surface area contributed by atoms with Crippen LogP contribution in [0.15, 0.2) is 103 Å². The van der Waals surface area contributed by atoms with E-state index in [9.17, 15) is 19.5 Å². The summed E-state index contributed by atoms with van der Waals surface area (Å²) < 4.78 is 30.7. The van der Waals surface area contributed by atoms with Gasteiger partial charge in [-0.05, 0) is 39.4 Å². The third kappa shape index (κ3) is 8.96. The third-order valence-electron chi connectivity index (χ3n) is 11.5. The van der Waals surface area contributed by atoms with Crippen LogP contribution in [-0.4, -0.2) is 83.6 Å². The molecule has 4 aliphatic rings. The molecule has 1 spiro atoms. The van der Waals surface area contributed by atoms with E-state index in [4.69, 9.17) is 23.7 Å². The van der Waals surface area contributed by atoms with Gasteiger partial charge in [0.15, 0.2) is 12.1 Å². The summed E-state index contributed by atoms with van der Waals surface area (Å²) in [6, 6.07) is 32.0. The van der Waals surface area contributed by atoms with Gasteiger partial charge in [-0.25, -0.2) is 4.79 Å². The normalized spacial score (nSPS) is 24.9. The van der Waals surface area contributed by atoms with Crippen LogP contribution in [0.4, 0.5) is 4.79 Å². The average molecular weight is 776 g/mol. The number of aliphatic hydroxyl groups excluding tert-OH is 1. The van der Waals surface area contributed by atoms with Crippen molar-refractivity contribution in [3.8, 4) is 11.1 Å². The van der Waals surface area contributed by atoms with Gasteiger partial charge in [0, 0.05) is 44.0 Å². The minimum absolute atomic E-state index is 0.0186. The highest BCUT2D eigenvalue weighted by Gasteiger charge is 2.43. The molecule has 12 heteroatoms. The molecule has 2 N–H and O–H groups in total. The Kier molecular flexibility index (Phi) is 11.8. The highest BCUT2D eigenvalue weighted by Crippen LogP contribution is 2.43. The lowest BCUT2D eigenvalue weighted by Crippen LogP contribution is -2.50. The summed E-state index contributed by atoms with van der Waals surface area (Å²) in [4.78, 5) is 42.2. The molecule has 4 heterocycles. The van der Waals surface area contributed by atoms with Crippen LogP contribution in [0.25, 0.3) is 11.1 Å². The molecule has 298 valence electrons. The summed E-state index contributed by atoms with van der Waals surface area (Å²) >= 11 is 0. The Morgan fingerprint density at radius 1 is 0.825 bits per heavy atom. The number of carbonyl (C=O) groups is 3. The van der Waals surface area contributed by atoms with Gasteiger partial charge >= 0.3 is 6.09 Å². The first-order chi connectivity index (χ1) is 27.8. The number of nitrogens with zero attached hydrogens (tertiary/aromatic N) is 2. The van der Waals surface area contributed by atoms with E-state index in [2.05, 4.69) is 17.1 Å². The van der Waals surface area contributed by atoms with Gasteiger partial charge in [0.05, 0.1) is 45.0 Å². The van der Waals surface area contributed by atoms with Crippen LogP contribution in [0.1, 0.15) is 66.4 Å². The van der Waals surface area contributed by atoms with Crippen LogP contribution < -0.4 is 5.32 Å². The lowest BCUT2D eigenvalue weighted by Gasteiger charge is -2.44. The molecule has 8 rings (SSSR count). The number of likely N-dealkylation sites (tertiary alicyclic amines) is 2. The zero-order valence-corrected chi connectivity index (χ0v) is 32.1. The van der Waals surface area contributed by atoms with Crippen molar-refractivity contribution in [3.05, 3.63) is 131 Å². The molecule has 57 heavy (non-hydrogen) atoms. The van der Waals surface area contributed by atoms with Crippen LogP contribution in [0.5, 0.6) is 0 Å². The second kappa shape index (κ2) is 17.3. The molecular weight excluding hydrogens is 727 g/mol. The third-order valence-corrected chi connectivity index (χ3v) is 11.5. The number of aliphatic hydroxyl groups is 1. The number of alkyl carbamates (subject to hydrolysis) is 1. The number of nitrogens with one attached hydrogen (secondary N) is 1. The predicted molar refractivity (Wildman–Crippen MR) is 209 cm³/mol. The molecule has 0 bridgehead atoms. The molecule has 0 aliphatic carbocycles. The van der Waals surface area contributed by atoms with Crippen LogP contribution in [0.2, 0.25) is 0 Å². The number of imide groups is 1. The summed E-state index contributed by atoms with van der Waals surface area (Å²) in [6.45, 7) is 6.09. The Balaban J connectivity index is 0.924. The number of carbonyl (C=O) groups excluding carboxylic acids is 3. The predicted octanol–water partition coefficient (Wildman–Crippen LogP) is 6.03. The Morgan fingerprint density at radius 3 is 2.25 bits per heavy atom. The molecule has 5 atom stereocenters. The highest BCUT2D eigenvalue weighted by atomic mass is 16.7. The minimum Gasteiger partial charge on any atom is -0.445 e. The van der Waals surface area contributed by atoms with Gasteiger partial charge in [0.25, 0.3) is 5.91 Å². The summed E-state index contributed by atoms with van der Waals surface area (Å²) in [5, 5.41) is 12.2. The van der Waals surface area contributed by atoms with Crippen molar-refractivity contribution in [1.82, 2.24) is 15.1 Å². The van der Waals surface area contributed by atoms with Crippen molar-refractivity contribution in [3.63, 3.8) is 0 Å². The summed E-state index contributed by atoms with van der Waals surface area (Å²) in [6.07, 6.45) is -0.134. The van der Waals surface area contributed by atoms with Crippen molar-refractivity contribution in [2.45, 2.75) is 76.3 Å². The number of rotatable bonds is 11. The van der Waals surface area contributed by atoms with E-state index in [0.29, 0.717) is 13.2 Å². The van der Waals surface area contributed by atoms with Gasteiger partial charge in [-0.15, -0.1) is 0 Å². The van der Waals surface area contributed by atoms with Crippen molar-refractivity contribution in [2.75, 3.05) is 32.8 Å². The summed E-state index contributed by atoms with van der Waals surface area (Å²) in [5.74, 6) is -1.20. The average Bonchev–Trinajstić information content (AvgIpc) is 3.81. The maximum Gasteiger partial charge on any atom is 0.408 e. The van der Waals surface area contributed by atoms with Crippen LogP contribution in [0, 0.1) is 5.92 Å². The smallest absolute Gasteiger partial charge is 0.408 e. The SMILES string of the molecule is CC1C(CN2CCC3(CC2)OCCO3)OC(c2ccc(-c3cccc(CN4C(=O)CC(NC(=O)OCc5ccccc5)C4=O)c3)cc2)OC1c1ccc(CO)cc1. The van der Waals surface area contributed by atoms with Crippen LogP contribution in [0.3, 0.4) is 0 Å². The van der Waals surface area contributed by atoms with E-state index in [-0.39, 0.29) is 50.2 Å². The summed E-state index contributed by atoms with van der Waals surface area (Å²) in [5.41, 5.74) is 6.26. The van der Waals surface area contributed by atoms with Gasteiger partial charge in [0.1, 0.15) is 12.6 Å². The number of ether oxygens (including phenoxy) is 5. The van der Waals surface area contributed by atoms with E-state index < -0.39 is 30.1 Å². The van der Waals surface area contributed by atoms with Crippen molar-refractivity contribution in [1.29, 1.82) is 0 Å². The molecule has 4 aliphatic heterocycles. The van der Waals surface area contributed by atoms with Crippen LogP contribution >= 0.6 is 0 Å². The first kappa shape index (κ1) is 38.9. The number of amides is 3. The molecule has 0 radical (unpaired) electrons. The number of hydrogen-bond acceptors (Lipinski definition) is 10. The minimum atomic E-state index is -0.976. The Morgan fingerprint density at radius 2 is 1.53 bits per heavy atom. The number of hydrogen-bond donors (Lipinski definition) is 2. The maximum absolute atomic E-state index is 13.2. The Hall–Kier alpha value is -4.95. The second-order valence-corrected chi connectivity index (χ2v) is 15.3.